The molecule has 0 aliphatic rings. The molecule has 0 heterocycles. The first-order valence-corrected chi connectivity index (χ1v) is 10.0. The second-order valence-electron chi connectivity index (χ2n) is 6.11. The maximum absolute atomic E-state index is 12.6. The van der Waals surface area contributed by atoms with Crippen LogP contribution < -0.4 is 9.47 Å². The summed E-state index contributed by atoms with van der Waals surface area (Å²) in [5.41, 5.74) is 0.836. The highest BCUT2D eigenvalue weighted by atomic mass is 32.2. The monoisotopic (exact) mass is 393 g/mol. The van der Waals surface area contributed by atoms with Crippen molar-refractivity contribution in [1.82, 2.24) is 4.90 Å². The number of methoxy groups -OCH3 is 2. The third kappa shape index (κ3) is 4.99. The number of ether oxygens (including phenoxy) is 2. The Morgan fingerprint density at radius 2 is 1.74 bits per heavy atom. The van der Waals surface area contributed by atoms with E-state index >= 15 is 0 Å². The van der Waals surface area contributed by atoms with E-state index in [1.807, 2.05) is 0 Å². The smallest absolute Gasteiger partial charge is 0.253 e. The summed E-state index contributed by atoms with van der Waals surface area (Å²) < 4.78 is 34.0. The highest BCUT2D eigenvalue weighted by molar-refractivity contribution is 7.90. The molecule has 7 nitrogen and oxygen atoms in total. The molecule has 0 bridgehead atoms. The molecular weight excluding hydrogens is 370 g/mol. The third-order valence-electron chi connectivity index (χ3n) is 4.10. The number of amides is 1. The van der Waals surface area contributed by atoms with Crippen LogP contribution in [0.15, 0.2) is 47.4 Å². The number of nitrogens with zero attached hydrogens (tertiary/aromatic N) is 1. The summed E-state index contributed by atoms with van der Waals surface area (Å²) in [6.45, 7) is 0.0470. The SMILES string of the molecule is COc1ccc(C(O)CN(C)C(=O)c2ccc(OC)c(S(C)(=O)=O)c2)cc1. The molecule has 1 N–H and O–H groups in total. The van der Waals surface area contributed by atoms with Gasteiger partial charge in [0.2, 0.25) is 0 Å². The lowest BCUT2D eigenvalue weighted by molar-refractivity contribution is 0.0680. The van der Waals surface area contributed by atoms with Gasteiger partial charge in [0.25, 0.3) is 5.91 Å². The third-order valence-corrected chi connectivity index (χ3v) is 5.22. The number of aliphatic hydroxyl groups excluding tert-OH is 1. The van der Waals surface area contributed by atoms with Crippen molar-refractivity contribution in [2.45, 2.75) is 11.0 Å². The first-order chi connectivity index (χ1) is 12.7. The Bertz CT molecular complexity index is 908. The standard InChI is InChI=1S/C19H23NO6S/c1-20(12-16(21)13-5-8-15(25-2)9-6-13)19(22)14-7-10-17(26-3)18(11-14)27(4,23)24/h5-11,16,21H,12H2,1-4H3. The molecule has 1 unspecified atom stereocenters. The van der Waals surface area contributed by atoms with Crippen molar-refractivity contribution in [3.63, 3.8) is 0 Å². The van der Waals surface area contributed by atoms with Gasteiger partial charge in [0.1, 0.15) is 16.4 Å². The van der Waals surface area contributed by atoms with Crippen LogP contribution in [0, 0.1) is 0 Å². The van der Waals surface area contributed by atoms with Crippen LogP contribution in [0.5, 0.6) is 11.5 Å². The number of benzene rings is 2. The van der Waals surface area contributed by atoms with Crippen LogP contribution in [0.1, 0.15) is 22.0 Å². The van der Waals surface area contributed by atoms with E-state index in [4.69, 9.17) is 9.47 Å². The Labute approximate surface area is 159 Å². The molecule has 0 spiro atoms. The molecular formula is C19H23NO6S. The molecule has 2 aromatic carbocycles. The van der Waals surface area contributed by atoms with Gasteiger partial charge >= 0.3 is 0 Å². The van der Waals surface area contributed by atoms with Crippen molar-refractivity contribution in [3.8, 4) is 11.5 Å². The highest BCUT2D eigenvalue weighted by Gasteiger charge is 2.21. The molecule has 27 heavy (non-hydrogen) atoms. The van der Waals surface area contributed by atoms with E-state index in [1.165, 1.54) is 30.2 Å². The van der Waals surface area contributed by atoms with Crippen LogP contribution in [0.3, 0.4) is 0 Å². The minimum absolute atomic E-state index is 0.0470. The highest BCUT2D eigenvalue weighted by Crippen LogP contribution is 2.26. The second kappa shape index (κ2) is 8.41. The van der Waals surface area contributed by atoms with Gasteiger partial charge < -0.3 is 19.5 Å². The summed E-state index contributed by atoms with van der Waals surface area (Å²) in [5.74, 6) is 0.437. The fourth-order valence-electron chi connectivity index (χ4n) is 2.59. The molecule has 1 atom stereocenters. The zero-order valence-corrected chi connectivity index (χ0v) is 16.5. The lowest BCUT2D eigenvalue weighted by atomic mass is 10.1. The van der Waals surface area contributed by atoms with Gasteiger partial charge in [-0.2, -0.15) is 0 Å². The maximum Gasteiger partial charge on any atom is 0.253 e. The lowest BCUT2D eigenvalue weighted by Gasteiger charge is -2.22. The number of hydrogen-bond acceptors (Lipinski definition) is 6. The van der Waals surface area contributed by atoms with Gasteiger partial charge in [0.15, 0.2) is 9.84 Å². The topological polar surface area (TPSA) is 93.1 Å². The van der Waals surface area contributed by atoms with Gasteiger partial charge in [-0.3, -0.25) is 4.79 Å². The average Bonchev–Trinajstić information content (AvgIpc) is 2.66. The molecule has 2 aromatic rings. The Kier molecular flexibility index (Phi) is 6.45. The maximum atomic E-state index is 12.6. The van der Waals surface area contributed by atoms with Crippen LogP contribution in [0.25, 0.3) is 0 Å². The zero-order valence-electron chi connectivity index (χ0n) is 15.7. The van der Waals surface area contributed by atoms with Gasteiger partial charge in [-0.05, 0) is 35.9 Å². The Morgan fingerprint density at radius 1 is 1.11 bits per heavy atom. The normalized spacial score (nSPS) is 12.3. The first-order valence-electron chi connectivity index (χ1n) is 8.13. The summed E-state index contributed by atoms with van der Waals surface area (Å²) in [5, 5.41) is 10.4. The van der Waals surface area contributed by atoms with Crippen LogP contribution in [-0.2, 0) is 9.84 Å². The largest absolute Gasteiger partial charge is 0.497 e. The average molecular weight is 393 g/mol. The van der Waals surface area contributed by atoms with E-state index in [0.717, 1.165) is 6.26 Å². The van der Waals surface area contributed by atoms with Crippen molar-refractivity contribution in [2.75, 3.05) is 34.1 Å². The van der Waals surface area contributed by atoms with Crippen LogP contribution in [-0.4, -0.2) is 58.4 Å². The summed E-state index contributed by atoms with van der Waals surface area (Å²) in [6.07, 6.45) is 0.161. The van der Waals surface area contributed by atoms with E-state index in [-0.39, 0.29) is 22.8 Å². The predicted molar refractivity (Wildman–Crippen MR) is 101 cm³/mol. The summed E-state index contributed by atoms with van der Waals surface area (Å²) in [7, 11) is 0.901. The number of likely N-dealkylation sites (N-methyl/N-ethyl adjacent to an activating group) is 1. The molecule has 8 heteroatoms. The van der Waals surface area contributed by atoms with Gasteiger partial charge in [-0.15, -0.1) is 0 Å². The number of hydrogen-bond donors (Lipinski definition) is 1. The van der Waals surface area contributed by atoms with Gasteiger partial charge in [-0.25, -0.2) is 8.42 Å². The number of sulfone groups is 1. The Hall–Kier alpha value is -2.58. The van der Waals surface area contributed by atoms with E-state index in [9.17, 15) is 18.3 Å². The quantitative estimate of drug-likeness (QED) is 0.772. The van der Waals surface area contributed by atoms with Crippen LogP contribution >= 0.6 is 0 Å². The minimum Gasteiger partial charge on any atom is -0.497 e. The van der Waals surface area contributed by atoms with Crippen molar-refractivity contribution in [2.24, 2.45) is 0 Å². The summed E-state index contributed by atoms with van der Waals surface area (Å²) >= 11 is 0. The Morgan fingerprint density at radius 3 is 2.26 bits per heavy atom. The van der Waals surface area contributed by atoms with Crippen molar-refractivity contribution in [3.05, 3.63) is 53.6 Å². The number of carbonyl (C=O) groups excluding carboxylic acids is 1. The fourth-order valence-corrected chi connectivity index (χ4v) is 3.45. The molecule has 0 aliphatic carbocycles. The molecule has 0 aliphatic heterocycles. The second-order valence-corrected chi connectivity index (χ2v) is 8.10. The molecule has 0 fully saturated rings. The molecule has 0 radical (unpaired) electrons. The lowest BCUT2D eigenvalue weighted by Crippen LogP contribution is -2.31. The fraction of sp³-hybridized carbons (Fsp3) is 0.316. The van der Waals surface area contributed by atoms with E-state index in [1.54, 1.807) is 38.4 Å². The van der Waals surface area contributed by atoms with E-state index in [2.05, 4.69) is 0 Å². The van der Waals surface area contributed by atoms with Crippen molar-refractivity contribution >= 4 is 15.7 Å². The predicted octanol–water partition coefficient (Wildman–Crippen LogP) is 1.91. The number of aliphatic hydroxyl groups is 1. The first kappa shape index (κ1) is 20.7. The number of rotatable bonds is 7. The number of carbonyl (C=O) groups is 1. The van der Waals surface area contributed by atoms with E-state index in [0.29, 0.717) is 11.3 Å². The Balaban J connectivity index is 2.19. The molecule has 0 saturated heterocycles. The minimum atomic E-state index is -3.56. The molecule has 1 amide bonds. The van der Waals surface area contributed by atoms with E-state index < -0.39 is 21.8 Å². The molecule has 0 saturated carbocycles. The van der Waals surface area contributed by atoms with Gasteiger partial charge in [0, 0.05) is 18.9 Å². The van der Waals surface area contributed by atoms with Crippen LogP contribution in [0.2, 0.25) is 0 Å². The molecule has 146 valence electrons. The van der Waals surface area contributed by atoms with Crippen LogP contribution in [0.4, 0.5) is 0 Å². The van der Waals surface area contributed by atoms with Gasteiger partial charge in [0.05, 0.1) is 26.9 Å². The van der Waals surface area contributed by atoms with Crippen molar-refractivity contribution in [1.29, 1.82) is 0 Å². The summed E-state index contributed by atoms with van der Waals surface area (Å²) in [6, 6.07) is 11.1. The summed E-state index contributed by atoms with van der Waals surface area (Å²) in [4.78, 5) is 13.9. The van der Waals surface area contributed by atoms with Gasteiger partial charge in [-0.1, -0.05) is 12.1 Å². The van der Waals surface area contributed by atoms with Crippen molar-refractivity contribution < 1.29 is 27.8 Å². The molecule has 2 rings (SSSR count). The zero-order chi connectivity index (χ0) is 20.2. The molecule has 0 aromatic heterocycles.